The third-order valence-electron chi connectivity index (χ3n) is 2.16. The van der Waals surface area contributed by atoms with Crippen molar-refractivity contribution >= 4 is 56.4 Å². The maximum absolute atomic E-state index is 11.9. The molecular weight excluding hydrogens is 332 g/mol. The number of hydrogen-bond donors (Lipinski definition) is 3. The van der Waals surface area contributed by atoms with Gasteiger partial charge in [0.1, 0.15) is 10.0 Å². The van der Waals surface area contributed by atoms with Crippen LogP contribution in [0.15, 0.2) is 4.34 Å². The molecule has 0 fully saturated rings. The Morgan fingerprint density at radius 2 is 2.10 bits per heavy atom. The monoisotopic (exact) mass is 344 g/mol. The first-order valence-electron chi connectivity index (χ1n) is 5.70. The van der Waals surface area contributed by atoms with Gasteiger partial charge >= 0.3 is 0 Å². The lowest BCUT2D eigenvalue weighted by Crippen LogP contribution is -2.18. The molecule has 0 radical (unpaired) electrons. The molecule has 2 rings (SSSR count). The van der Waals surface area contributed by atoms with Crippen LogP contribution < -0.4 is 16.4 Å². The van der Waals surface area contributed by atoms with Gasteiger partial charge < -0.3 is 16.4 Å². The summed E-state index contributed by atoms with van der Waals surface area (Å²) in [5.74, 6) is -0.781. The molecule has 8 nitrogen and oxygen atoms in total. The van der Waals surface area contributed by atoms with Crippen molar-refractivity contribution in [1.82, 2.24) is 15.2 Å². The molecule has 2 amide bonds. The third-order valence-corrected chi connectivity index (χ3v) is 5.12. The molecule has 0 saturated carbocycles. The van der Waals surface area contributed by atoms with E-state index in [9.17, 15) is 9.59 Å². The molecule has 21 heavy (non-hydrogen) atoms. The average Bonchev–Trinajstić information content (AvgIpc) is 3.02. The Hall–Kier alpha value is -1.72. The highest BCUT2D eigenvalue weighted by Crippen LogP contribution is 2.28. The highest BCUT2D eigenvalue weighted by atomic mass is 32.2. The fourth-order valence-electron chi connectivity index (χ4n) is 1.31. The molecule has 11 heteroatoms. The molecule has 112 valence electrons. The largest absolute Gasteiger partial charge is 0.365 e. The summed E-state index contributed by atoms with van der Waals surface area (Å²) in [6.45, 7) is 1.84. The number of aromatic nitrogens is 3. The first-order chi connectivity index (χ1) is 9.99. The Morgan fingerprint density at radius 1 is 1.33 bits per heavy atom. The fourth-order valence-corrected chi connectivity index (χ4v) is 3.76. The van der Waals surface area contributed by atoms with Crippen LogP contribution in [0.1, 0.15) is 15.5 Å². The third kappa shape index (κ3) is 4.12. The van der Waals surface area contributed by atoms with E-state index in [1.165, 1.54) is 23.1 Å². The number of nitrogens with one attached hydrogen (secondary N) is 2. The fraction of sp³-hybridized carbons (Fsp3) is 0.300. The van der Waals surface area contributed by atoms with E-state index in [-0.39, 0.29) is 17.4 Å². The van der Waals surface area contributed by atoms with Gasteiger partial charge in [0.25, 0.3) is 5.91 Å². The van der Waals surface area contributed by atoms with Crippen molar-refractivity contribution in [1.29, 1.82) is 0 Å². The zero-order valence-electron chi connectivity index (χ0n) is 11.2. The highest BCUT2D eigenvalue weighted by Gasteiger charge is 2.17. The number of thiazole rings is 1. The predicted octanol–water partition coefficient (Wildman–Crippen LogP) is 1.17. The van der Waals surface area contributed by atoms with E-state index in [2.05, 4.69) is 25.8 Å². The van der Waals surface area contributed by atoms with E-state index in [1.54, 1.807) is 7.05 Å². The Balaban J connectivity index is 1.99. The number of nitrogens with two attached hydrogens (primary N) is 1. The summed E-state index contributed by atoms with van der Waals surface area (Å²) in [6, 6.07) is 0. The van der Waals surface area contributed by atoms with Gasteiger partial charge in [0, 0.05) is 7.05 Å². The van der Waals surface area contributed by atoms with Gasteiger partial charge in [-0.1, -0.05) is 34.4 Å². The number of carbonyl (C=O) groups excluding carboxylic acids is 2. The number of thioether (sulfide) groups is 1. The van der Waals surface area contributed by atoms with Gasteiger partial charge in [-0.15, -0.1) is 10.2 Å². The molecule has 2 aromatic heterocycles. The molecule has 0 spiro atoms. The molecule has 4 N–H and O–H groups in total. The minimum Gasteiger partial charge on any atom is -0.365 e. The Kier molecular flexibility index (Phi) is 5.09. The van der Waals surface area contributed by atoms with Crippen LogP contribution in [0.3, 0.4) is 0 Å². The van der Waals surface area contributed by atoms with Gasteiger partial charge in [-0.2, -0.15) is 0 Å². The molecule has 2 aromatic rings. The minimum atomic E-state index is -0.685. The highest BCUT2D eigenvalue weighted by molar-refractivity contribution is 8.01. The number of anilines is 2. The molecule has 0 unspecified atom stereocenters. The quantitative estimate of drug-likeness (QED) is 0.672. The zero-order chi connectivity index (χ0) is 15.4. The van der Waals surface area contributed by atoms with Crippen LogP contribution in [-0.4, -0.2) is 39.8 Å². The smallest absolute Gasteiger partial charge is 0.270 e. The maximum atomic E-state index is 11.9. The van der Waals surface area contributed by atoms with Crippen molar-refractivity contribution in [3.05, 3.63) is 10.7 Å². The molecule has 0 aromatic carbocycles. The number of amides is 2. The van der Waals surface area contributed by atoms with Gasteiger partial charge in [-0.3, -0.25) is 9.59 Å². The van der Waals surface area contributed by atoms with Crippen molar-refractivity contribution < 1.29 is 9.59 Å². The van der Waals surface area contributed by atoms with Crippen LogP contribution in [0.5, 0.6) is 0 Å². The number of rotatable bonds is 6. The van der Waals surface area contributed by atoms with Gasteiger partial charge in [0.15, 0.2) is 15.2 Å². The number of aryl methyl sites for hydroxylation is 1. The molecule has 0 atom stereocenters. The summed E-state index contributed by atoms with van der Waals surface area (Å²) >= 11 is 3.85. The van der Waals surface area contributed by atoms with E-state index in [1.807, 2.05) is 6.92 Å². The van der Waals surface area contributed by atoms with E-state index in [0.717, 1.165) is 20.7 Å². The molecule has 0 saturated heterocycles. The summed E-state index contributed by atoms with van der Waals surface area (Å²) in [5, 5.41) is 14.9. The standard InChI is InChI=1S/C10H12N6O2S3/c1-4-15-16-10(20-4)19-3-5(17)13-8-6(7(11)18)14-9(12-2)21-8/h3H2,1-2H3,(H2,11,18)(H,12,14)(H,13,17). The van der Waals surface area contributed by atoms with Crippen LogP contribution in [0, 0.1) is 6.92 Å². The predicted molar refractivity (Wildman–Crippen MR) is 84.2 cm³/mol. The lowest BCUT2D eigenvalue weighted by atomic mass is 10.4. The normalized spacial score (nSPS) is 10.4. The Morgan fingerprint density at radius 3 is 2.67 bits per heavy atom. The maximum Gasteiger partial charge on any atom is 0.270 e. The summed E-state index contributed by atoms with van der Waals surface area (Å²) in [5.41, 5.74) is 5.28. The SMILES string of the molecule is CNc1nc(C(N)=O)c(NC(=O)CSc2nnc(C)s2)s1. The van der Waals surface area contributed by atoms with Crippen LogP contribution in [-0.2, 0) is 4.79 Å². The first-order valence-corrected chi connectivity index (χ1v) is 8.32. The van der Waals surface area contributed by atoms with Crippen LogP contribution in [0.25, 0.3) is 0 Å². The van der Waals surface area contributed by atoms with E-state index in [0.29, 0.717) is 10.1 Å². The van der Waals surface area contributed by atoms with Gasteiger partial charge in [0.05, 0.1) is 5.75 Å². The number of carbonyl (C=O) groups is 2. The lowest BCUT2D eigenvalue weighted by Gasteiger charge is -2.01. The van der Waals surface area contributed by atoms with Crippen molar-refractivity contribution in [2.24, 2.45) is 5.73 Å². The second kappa shape index (κ2) is 6.83. The summed E-state index contributed by atoms with van der Waals surface area (Å²) in [6.07, 6.45) is 0. The van der Waals surface area contributed by atoms with Crippen LogP contribution in [0.4, 0.5) is 10.1 Å². The Bertz CT molecular complexity index is 668. The second-order valence-corrected chi connectivity index (χ2v) is 7.14. The second-order valence-electron chi connectivity index (χ2n) is 3.73. The zero-order valence-corrected chi connectivity index (χ0v) is 13.6. The molecular formula is C10H12N6O2S3. The minimum absolute atomic E-state index is 0.0504. The van der Waals surface area contributed by atoms with Crippen molar-refractivity contribution in [3.8, 4) is 0 Å². The Labute approximate surface area is 132 Å². The molecule has 0 bridgehead atoms. The molecule has 2 heterocycles. The lowest BCUT2D eigenvalue weighted by molar-refractivity contribution is -0.113. The summed E-state index contributed by atoms with van der Waals surface area (Å²) in [4.78, 5) is 27.2. The van der Waals surface area contributed by atoms with Gasteiger partial charge in [-0.05, 0) is 6.92 Å². The van der Waals surface area contributed by atoms with E-state index >= 15 is 0 Å². The van der Waals surface area contributed by atoms with Crippen LogP contribution in [0.2, 0.25) is 0 Å². The topological polar surface area (TPSA) is 123 Å². The van der Waals surface area contributed by atoms with E-state index in [4.69, 9.17) is 5.73 Å². The van der Waals surface area contributed by atoms with Crippen molar-refractivity contribution in [2.45, 2.75) is 11.3 Å². The average molecular weight is 344 g/mol. The first kappa shape index (κ1) is 15.7. The number of nitrogens with zero attached hydrogens (tertiary/aromatic N) is 3. The molecule has 0 aliphatic rings. The van der Waals surface area contributed by atoms with Crippen LogP contribution >= 0.6 is 34.4 Å². The summed E-state index contributed by atoms with van der Waals surface area (Å²) < 4.78 is 0.720. The van der Waals surface area contributed by atoms with Gasteiger partial charge in [-0.25, -0.2) is 4.98 Å². The number of hydrogen-bond acceptors (Lipinski definition) is 9. The molecule has 0 aliphatic carbocycles. The van der Waals surface area contributed by atoms with Crippen molar-refractivity contribution in [2.75, 3.05) is 23.4 Å². The summed E-state index contributed by atoms with van der Waals surface area (Å²) in [7, 11) is 1.67. The molecule has 0 aliphatic heterocycles. The van der Waals surface area contributed by atoms with E-state index < -0.39 is 5.91 Å². The van der Waals surface area contributed by atoms with Gasteiger partial charge in [0.2, 0.25) is 5.91 Å². The number of primary amides is 1. The van der Waals surface area contributed by atoms with Crippen molar-refractivity contribution in [3.63, 3.8) is 0 Å².